The van der Waals surface area contributed by atoms with E-state index in [2.05, 4.69) is 5.10 Å². The molecule has 0 bridgehead atoms. The molecule has 0 saturated heterocycles. The van der Waals surface area contributed by atoms with Gasteiger partial charge >= 0.3 is 0 Å². The largest absolute Gasteiger partial charge is 0.396 e. The summed E-state index contributed by atoms with van der Waals surface area (Å²) in [5.74, 6) is 0. The normalized spacial score (nSPS) is 10.1. The highest BCUT2D eigenvalue weighted by molar-refractivity contribution is 5.59. The SMILES string of the molecule is COCn1ncc(N)c(N)c1=O. The van der Waals surface area contributed by atoms with E-state index in [1.54, 1.807) is 0 Å². The zero-order chi connectivity index (χ0) is 9.14. The fraction of sp³-hybridized carbons (Fsp3) is 0.333. The van der Waals surface area contributed by atoms with E-state index in [1.165, 1.54) is 13.3 Å². The van der Waals surface area contributed by atoms with Crippen molar-refractivity contribution < 1.29 is 4.74 Å². The number of rotatable bonds is 2. The monoisotopic (exact) mass is 170 g/mol. The van der Waals surface area contributed by atoms with Crippen LogP contribution < -0.4 is 17.0 Å². The van der Waals surface area contributed by atoms with Crippen LogP contribution in [0, 0.1) is 0 Å². The highest BCUT2D eigenvalue weighted by atomic mass is 16.5. The number of hydrogen-bond acceptors (Lipinski definition) is 5. The van der Waals surface area contributed by atoms with Gasteiger partial charge in [0.2, 0.25) is 0 Å². The number of ether oxygens (including phenoxy) is 1. The molecule has 4 N–H and O–H groups in total. The molecular weight excluding hydrogens is 160 g/mol. The number of aromatic nitrogens is 2. The first-order valence-electron chi connectivity index (χ1n) is 3.27. The second kappa shape index (κ2) is 3.22. The zero-order valence-corrected chi connectivity index (χ0v) is 6.65. The first kappa shape index (κ1) is 8.54. The quantitative estimate of drug-likeness (QED) is 0.594. The maximum Gasteiger partial charge on any atom is 0.294 e. The Labute approximate surface area is 68.7 Å². The molecule has 1 heterocycles. The summed E-state index contributed by atoms with van der Waals surface area (Å²) < 4.78 is 5.80. The number of methoxy groups -OCH3 is 1. The Morgan fingerprint density at radius 1 is 1.67 bits per heavy atom. The van der Waals surface area contributed by atoms with Gasteiger partial charge in [-0.25, -0.2) is 4.68 Å². The Morgan fingerprint density at radius 3 is 2.92 bits per heavy atom. The Kier molecular flexibility index (Phi) is 2.29. The van der Waals surface area contributed by atoms with E-state index in [0.29, 0.717) is 0 Å². The van der Waals surface area contributed by atoms with Gasteiger partial charge in [0.05, 0.1) is 11.9 Å². The maximum atomic E-state index is 11.2. The van der Waals surface area contributed by atoms with Crippen molar-refractivity contribution in [2.75, 3.05) is 18.6 Å². The first-order chi connectivity index (χ1) is 5.66. The van der Waals surface area contributed by atoms with Crippen LogP contribution in [-0.2, 0) is 11.5 Å². The van der Waals surface area contributed by atoms with E-state index < -0.39 is 5.56 Å². The van der Waals surface area contributed by atoms with Crippen LogP contribution in [0.25, 0.3) is 0 Å². The van der Waals surface area contributed by atoms with Gasteiger partial charge in [-0.05, 0) is 0 Å². The Hall–Kier alpha value is -1.56. The minimum Gasteiger partial charge on any atom is -0.396 e. The molecule has 6 heteroatoms. The fourth-order valence-corrected chi connectivity index (χ4v) is 0.731. The van der Waals surface area contributed by atoms with E-state index >= 15 is 0 Å². The van der Waals surface area contributed by atoms with Crippen molar-refractivity contribution in [2.45, 2.75) is 6.73 Å². The van der Waals surface area contributed by atoms with Crippen molar-refractivity contribution in [3.63, 3.8) is 0 Å². The van der Waals surface area contributed by atoms with Gasteiger partial charge in [0, 0.05) is 7.11 Å². The highest BCUT2D eigenvalue weighted by Gasteiger charge is 2.03. The average molecular weight is 170 g/mol. The topological polar surface area (TPSA) is 96.2 Å². The summed E-state index contributed by atoms with van der Waals surface area (Å²) in [6.07, 6.45) is 1.32. The van der Waals surface area contributed by atoms with Gasteiger partial charge in [-0.2, -0.15) is 5.10 Å². The first-order valence-corrected chi connectivity index (χ1v) is 3.27. The van der Waals surface area contributed by atoms with Crippen molar-refractivity contribution in [1.82, 2.24) is 9.78 Å². The summed E-state index contributed by atoms with van der Waals surface area (Å²) in [6.45, 7) is 0.0727. The molecule has 0 radical (unpaired) electrons. The van der Waals surface area contributed by atoms with Crippen molar-refractivity contribution in [2.24, 2.45) is 0 Å². The predicted molar refractivity (Wildman–Crippen MR) is 44.3 cm³/mol. The number of nitrogen functional groups attached to an aromatic ring is 2. The molecule has 0 aliphatic rings. The van der Waals surface area contributed by atoms with E-state index in [9.17, 15) is 4.79 Å². The van der Waals surface area contributed by atoms with Gasteiger partial charge in [-0.15, -0.1) is 0 Å². The Balaban J connectivity index is 3.18. The van der Waals surface area contributed by atoms with Crippen molar-refractivity contribution in [1.29, 1.82) is 0 Å². The van der Waals surface area contributed by atoms with Crippen LogP contribution in [0.5, 0.6) is 0 Å². The van der Waals surface area contributed by atoms with E-state index in [4.69, 9.17) is 16.2 Å². The van der Waals surface area contributed by atoms with Gasteiger partial charge in [0.1, 0.15) is 12.4 Å². The van der Waals surface area contributed by atoms with Gasteiger partial charge in [0.25, 0.3) is 5.56 Å². The third kappa shape index (κ3) is 1.37. The average Bonchev–Trinajstić information content (AvgIpc) is 2.07. The molecule has 12 heavy (non-hydrogen) atoms. The molecule has 0 amide bonds. The van der Waals surface area contributed by atoms with Gasteiger partial charge < -0.3 is 16.2 Å². The summed E-state index contributed by atoms with van der Waals surface area (Å²) in [5.41, 5.74) is 10.5. The van der Waals surface area contributed by atoms with E-state index in [-0.39, 0.29) is 18.1 Å². The summed E-state index contributed by atoms with van der Waals surface area (Å²) >= 11 is 0. The van der Waals surface area contributed by atoms with Crippen LogP contribution in [0.4, 0.5) is 11.4 Å². The van der Waals surface area contributed by atoms with Crippen LogP contribution in [-0.4, -0.2) is 16.9 Å². The van der Waals surface area contributed by atoms with Crippen LogP contribution >= 0.6 is 0 Å². The number of hydrogen-bond donors (Lipinski definition) is 2. The molecule has 1 rings (SSSR count). The lowest BCUT2D eigenvalue weighted by Gasteiger charge is -2.04. The third-order valence-electron chi connectivity index (χ3n) is 1.36. The zero-order valence-electron chi connectivity index (χ0n) is 6.65. The predicted octanol–water partition coefficient (Wildman–Crippen LogP) is -0.988. The molecule has 66 valence electrons. The smallest absolute Gasteiger partial charge is 0.294 e. The number of nitrogens with two attached hydrogens (primary N) is 2. The molecule has 0 spiro atoms. The van der Waals surface area contributed by atoms with Crippen molar-refractivity contribution in [3.8, 4) is 0 Å². The molecule has 0 saturated carbocycles. The molecule has 6 nitrogen and oxygen atoms in total. The summed E-state index contributed by atoms with van der Waals surface area (Å²) in [4.78, 5) is 11.2. The molecule has 0 unspecified atom stereocenters. The summed E-state index contributed by atoms with van der Waals surface area (Å²) in [5, 5.41) is 3.70. The van der Waals surface area contributed by atoms with E-state index in [1.807, 2.05) is 0 Å². The van der Waals surface area contributed by atoms with Crippen LogP contribution in [0.1, 0.15) is 0 Å². The van der Waals surface area contributed by atoms with Crippen LogP contribution in [0.3, 0.4) is 0 Å². The minimum absolute atomic E-state index is 0.00190. The van der Waals surface area contributed by atoms with Crippen LogP contribution in [0.15, 0.2) is 11.0 Å². The van der Waals surface area contributed by atoms with E-state index in [0.717, 1.165) is 4.68 Å². The molecule has 0 aliphatic carbocycles. The second-order valence-electron chi connectivity index (χ2n) is 2.24. The number of nitrogens with zero attached hydrogens (tertiary/aromatic N) is 2. The molecule has 1 aromatic heterocycles. The lowest BCUT2D eigenvalue weighted by atomic mass is 10.4. The van der Waals surface area contributed by atoms with Crippen molar-refractivity contribution >= 4 is 11.4 Å². The Bertz CT molecular complexity index is 333. The van der Waals surface area contributed by atoms with Gasteiger partial charge in [0.15, 0.2) is 0 Å². The number of anilines is 2. The van der Waals surface area contributed by atoms with Gasteiger partial charge in [-0.1, -0.05) is 0 Å². The lowest BCUT2D eigenvalue weighted by Crippen LogP contribution is -2.26. The molecule has 0 aromatic carbocycles. The maximum absolute atomic E-state index is 11.2. The standard InChI is InChI=1S/C6H10N4O2/c1-12-3-10-6(11)5(8)4(7)2-9-10/h2H,3,7-8H2,1H3. The minimum atomic E-state index is -0.433. The summed E-state index contributed by atoms with van der Waals surface area (Å²) in [7, 11) is 1.46. The third-order valence-corrected chi connectivity index (χ3v) is 1.36. The molecule has 0 atom stereocenters. The van der Waals surface area contributed by atoms with Crippen LogP contribution in [0.2, 0.25) is 0 Å². The molecule has 1 aromatic rings. The van der Waals surface area contributed by atoms with Gasteiger partial charge in [-0.3, -0.25) is 4.79 Å². The van der Waals surface area contributed by atoms with Crippen molar-refractivity contribution in [3.05, 3.63) is 16.6 Å². The molecular formula is C6H10N4O2. The molecule has 0 fully saturated rings. The second-order valence-corrected chi connectivity index (χ2v) is 2.24. The Morgan fingerprint density at radius 2 is 2.33 bits per heavy atom. The summed E-state index contributed by atoms with van der Waals surface area (Å²) in [6, 6.07) is 0. The molecule has 0 aliphatic heterocycles. The fourth-order valence-electron chi connectivity index (χ4n) is 0.731. The highest BCUT2D eigenvalue weighted by Crippen LogP contribution is 2.03. The lowest BCUT2D eigenvalue weighted by molar-refractivity contribution is 0.116.